The molecule has 18 heavy (non-hydrogen) atoms. The zero-order chi connectivity index (χ0) is 12.5. The van der Waals surface area contributed by atoms with Gasteiger partial charge in [0.25, 0.3) is 5.91 Å². The Hall–Kier alpha value is -1.58. The number of amides is 1. The molecule has 2 aliphatic rings. The molecule has 3 atom stereocenters. The lowest BCUT2D eigenvalue weighted by Gasteiger charge is -2.23. The van der Waals surface area contributed by atoms with Crippen LogP contribution in [0.1, 0.15) is 36.0 Å². The Morgan fingerprint density at radius 2 is 2.28 bits per heavy atom. The topological polar surface area (TPSA) is 54.0 Å². The van der Waals surface area contributed by atoms with Crippen LogP contribution in [0.15, 0.2) is 18.5 Å². The molecule has 0 aliphatic heterocycles. The zero-order valence-electron chi connectivity index (χ0n) is 10.6. The summed E-state index contributed by atoms with van der Waals surface area (Å²) in [5.74, 6) is 1.58. The van der Waals surface area contributed by atoms with Gasteiger partial charge in [-0.05, 0) is 37.2 Å². The first kappa shape index (κ1) is 11.5. The van der Waals surface area contributed by atoms with Gasteiger partial charge in [-0.25, -0.2) is 0 Å². The van der Waals surface area contributed by atoms with Crippen molar-refractivity contribution in [3.8, 4) is 0 Å². The molecule has 2 saturated carbocycles. The fraction of sp³-hybridized carbons (Fsp3) is 0.571. The molecule has 3 unspecified atom stereocenters. The van der Waals surface area contributed by atoms with E-state index in [2.05, 4.69) is 15.6 Å². The average molecular weight is 245 g/mol. The summed E-state index contributed by atoms with van der Waals surface area (Å²) in [6, 6.07) is 2.16. The van der Waals surface area contributed by atoms with E-state index in [1.165, 1.54) is 19.3 Å². The van der Waals surface area contributed by atoms with Crippen LogP contribution in [0.3, 0.4) is 0 Å². The predicted octanol–water partition coefficient (Wildman–Crippen LogP) is 2.04. The first-order valence-corrected chi connectivity index (χ1v) is 6.70. The third kappa shape index (κ3) is 1.96. The molecule has 0 spiro atoms. The van der Waals surface area contributed by atoms with E-state index >= 15 is 0 Å². The molecule has 4 nitrogen and oxygen atoms in total. The van der Waals surface area contributed by atoms with Gasteiger partial charge in [-0.3, -0.25) is 9.78 Å². The summed E-state index contributed by atoms with van der Waals surface area (Å²) < 4.78 is 0. The molecule has 2 bridgehead atoms. The number of carbonyl (C=O) groups is 1. The quantitative estimate of drug-likeness (QED) is 0.857. The first-order chi connectivity index (χ1) is 8.78. The summed E-state index contributed by atoms with van der Waals surface area (Å²) >= 11 is 0. The molecule has 3 rings (SSSR count). The van der Waals surface area contributed by atoms with E-state index in [4.69, 9.17) is 0 Å². The van der Waals surface area contributed by atoms with Gasteiger partial charge in [0.15, 0.2) is 0 Å². The molecule has 0 radical (unpaired) electrons. The lowest BCUT2D eigenvalue weighted by molar-refractivity contribution is 0.0923. The van der Waals surface area contributed by atoms with Crippen LogP contribution in [0.5, 0.6) is 0 Å². The number of aromatic nitrogens is 1. The molecule has 0 aromatic carbocycles. The van der Waals surface area contributed by atoms with Crippen molar-refractivity contribution in [3.05, 3.63) is 24.0 Å². The van der Waals surface area contributed by atoms with Crippen LogP contribution in [0.2, 0.25) is 0 Å². The maximum absolute atomic E-state index is 12.3. The third-order valence-corrected chi connectivity index (χ3v) is 4.39. The van der Waals surface area contributed by atoms with Gasteiger partial charge in [0, 0.05) is 19.3 Å². The highest BCUT2D eigenvalue weighted by Gasteiger charge is 2.40. The Labute approximate surface area is 107 Å². The van der Waals surface area contributed by atoms with Crippen LogP contribution in [0.4, 0.5) is 5.69 Å². The number of hydrogen-bond donors (Lipinski definition) is 2. The van der Waals surface area contributed by atoms with Crippen molar-refractivity contribution in [3.63, 3.8) is 0 Å². The molecule has 0 saturated heterocycles. The molecule has 1 aromatic heterocycles. The summed E-state index contributed by atoms with van der Waals surface area (Å²) in [7, 11) is 1.81. The standard InChI is InChI=1S/C14H19N3O/c1-15-13-8-16-5-4-11(13)14(18)17-12-7-9-2-3-10(12)6-9/h4-5,8-10,12,15H,2-3,6-7H2,1H3,(H,17,18). The zero-order valence-corrected chi connectivity index (χ0v) is 10.6. The van der Waals surface area contributed by atoms with E-state index in [-0.39, 0.29) is 5.91 Å². The molecule has 1 heterocycles. The van der Waals surface area contributed by atoms with Crippen molar-refractivity contribution in [2.75, 3.05) is 12.4 Å². The highest BCUT2D eigenvalue weighted by molar-refractivity contribution is 5.99. The van der Waals surface area contributed by atoms with Crippen LogP contribution >= 0.6 is 0 Å². The minimum atomic E-state index is 0.0271. The van der Waals surface area contributed by atoms with E-state index < -0.39 is 0 Å². The second kappa shape index (κ2) is 4.59. The van der Waals surface area contributed by atoms with Gasteiger partial charge in [-0.1, -0.05) is 6.42 Å². The number of nitrogens with zero attached hydrogens (tertiary/aromatic N) is 1. The van der Waals surface area contributed by atoms with Gasteiger partial charge >= 0.3 is 0 Å². The Morgan fingerprint density at radius 1 is 1.39 bits per heavy atom. The monoisotopic (exact) mass is 245 g/mol. The Morgan fingerprint density at radius 3 is 2.94 bits per heavy atom. The van der Waals surface area contributed by atoms with Crippen LogP contribution in [0.25, 0.3) is 0 Å². The molecule has 1 amide bonds. The third-order valence-electron chi connectivity index (χ3n) is 4.39. The van der Waals surface area contributed by atoms with Gasteiger partial charge in [0.05, 0.1) is 17.4 Å². The smallest absolute Gasteiger partial charge is 0.253 e. The fourth-order valence-corrected chi connectivity index (χ4v) is 3.46. The number of rotatable bonds is 3. The van der Waals surface area contributed by atoms with E-state index in [0.717, 1.165) is 18.0 Å². The van der Waals surface area contributed by atoms with E-state index in [1.807, 2.05) is 7.05 Å². The second-order valence-corrected chi connectivity index (χ2v) is 5.43. The van der Waals surface area contributed by atoms with Crippen molar-refractivity contribution in [2.24, 2.45) is 11.8 Å². The summed E-state index contributed by atoms with van der Waals surface area (Å²) in [6.07, 6.45) is 8.46. The molecule has 4 heteroatoms. The largest absolute Gasteiger partial charge is 0.386 e. The van der Waals surface area contributed by atoms with Crippen molar-refractivity contribution in [1.29, 1.82) is 0 Å². The molecular weight excluding hydrogens is 226 g/mol. The Bertz CT molecular complexity index is 460. The average Bonchev–Trinajstić information content (AvgIpc) is 3.01. The molecule has 2 aliphatic carbocycles. The molecule has 2 N–H and O–H groups in total. The highest BCUT2D eigenvalue weighted by Crippen LogP contribution is 2.44. The Balaban J connectivity index is 1.71. The van der Waals surface area contributed by atoms with Gasteiger partial charge < -0.3 is 10.6 Å². The first-order valence-electron chi connectivity index (χ1n) is 6.70. The fourth-order valence-electron chi connectivity index (χ4n) is 3.46. The summed E-state index contributed by atoms with van der Waals surface area (Å²) in [5.41, 5.74) is 1.48. The minimum Gasteiger partial charge on any atom is -0.386 e. The van der Waals surface area contributed by atoms with Crippen molar-refractivity contribution >= 4 is 11.6 Å². The Kier molecular flexibility index (Phi) is 2.94. The summed E-state index contributed by atoms with van der Waals surface area (Å²) in [6.45, 7) is 0. The molecule has 2 fully saturated rings. The van der Waals surface area contributed by atoms with Crippen LogP contribution in [-0.2, 0) is 0 Å². The van der Waals surface area contributed by atoms with E-state index in [9.17, 15) is 4.79 Å². The van der Waals surface area contributed by atoms with Gasteiger partial charge in [-0.15, -0.1) is 0 Å². The number of fused-ring (bicyclic) bond motifs is 2. The molecule has 96 valence electrons. The second-order valence-electron chi connectivity index (χ2n) is 5.43. The predicted molar refractivity (Wildman–Crippen MR) is 70.5 cm³/mol. The summed E-state index contributed by atoms with van der Waals surface area (Å²) in [5, 5.41) is 6.21. The van der Waals surface area contributed by atoms with E-state index in [0.29, 0.717) is 17.5 Å². The number of nitrogens with one attached hydrogen (secondary N) is 2. The molecular formula is C14H19N3O. The van der Waals surface area contributed by atoms with Crippen molar-refractivity contribution < 1.29 is 4.79 Å². The molecule has 1 aromatic rings. The number of hydrogen-bond acceptors (Lipinski definition) is 3. The minimum absolute atomic E-state index is 0.0271. The van der Waals surface area contributed by atoms with Crippen LogP contribution in [-0.4, -0.2) is 24.0 Å². The van der Waals surface area contributed by atoms with Crippen molar-refractivity contribution in [1.82, 2.24) is 10.3 Å². The maximum Gasteiger partial charge on any atom is 0.253 e. The lowest BCUT2D eigenvalue weighted by atomic mass is 9.95. The van der Waals surface area contributed by atoms with Gasteiger partial charge in [0.2, 0.25) is 0 Å². The van der Waals surface area contributed by atoms with Gasteiger partial charge in [-0.2, -0.15) is 0 Å². The van der Waals surface area contributed by atoms with E-state index in [1.54, 1.807) is 18.5 Å². The lowest BCUT2D eigenvalue weighted by Crippen LogP contribution is -2.38. The van der Waals surface area contributed by atoms with Crippen LogP contribution < -0.4 is 10.6 Å². The number of pyridine rings is 1. The normalized spacial score (nSPS) is 29.3. The maximum atomic E-state index is 12.3. The van der Waals surface area contributed by atoms with Gasteiger partial charge in [0.1, 0.15) is 0 Å². The number of carbonyl (C=O) groups excluding carboxylic acids is 1. The highest BCUT2D eigenvalue weighted by atomic mass is 16.1. The van der Waals surface area contributed by atoms with Crippen molar-refractivity contribution in [2.45, 2.75) is 31.7 Å². The van der Waals surface area contributed by atoms with Crippen LogP contribution in [0, 0.1) is 11.8 Å². The SMILES string of the molecule is CNc1cnccc1C(=O)NC1CC2CCC1C2. The number of anilines is 1. The summed E-state index contributed by atoms with van der Waals surface area (Å²) in [4.78, 5) is 16.3.